The summed E-state index contributed by atoms with van der Waals surface area (Å²) in [6, 6.07) is 20.5. The van der Waals surface area contributed by atoms with Crippen LogP contribution in [0.15, 0.2) is 66.7 Å². The average Bonchev–Trinajstić information content (AvgIpc) is 3.33. The molecular formula is C28H32ClN3O4S. The van der Waals surface area contributed by atoms with Crippen LogP contribution in [-0.4, -0.2) is 56.2 Å². The lowest BCUT2D eigenvalue weighted by Gasteiger charge is -2.24. The van der Waals surface area contributed by atoms with Gasteiger partial charge in [-0.15, -0.1) is 12.4 Å². The van der Waals surface area contributed by atoms with E-state index in [0.29, 0.717) is 34.5 Å². The van der Waals surface area contributed by atoms with Gasteiger partial charge in [-0.2, -0.15) is 0 Å². The summed E-state index contributed by atoms with van der Waals surface area (Å²) >= 11 is 1.46. The van der Waals surface area contributed by atoms with Crippen molar-refractivity contribution in [3.8, 4) is 23.0 Å². The van der Waals surface area contributed by atoms with Gasteiger partial charge in [-0.05, 0) is 49.5 Å². The molecule has 0 N–H and O–H groups in total. The monoisotopic (exact) mass is 541 g/mol. The van der Waals surface area contributed by atoms with E-state index in [-0.39, 0.29) is 18.3 Å². The normalized spacial score (nSPS) is 10.7. The van der Waals surface area contributed by atoms with Crippen molar-refractivity contribution < 1.29 is 19.0 Å². The van der Waals surface area contributed by atoms with E-state index in [2.05, 4.69) is 18.7 Å². The van der Waals surface area contributed by atoms with Crippen LogP contribution in [0.25, 0.3) is 10.2 Å². The number of nitrogens with zero attached hydrogens (tertiary/aromatic N) is 3. The number of halogens is 1. The molecule has 3 aromatic carbocycles. The summed E-state index contributed by atoms with van der Waals surface area (Å²) in [5.41, 5.74) is 1.34. The standard InChI is InChI=1S/C28H31N3O4S.ClH/c1-5-30(6-2)16-17-31(28-29-23-18-24(33-3)25(34-4)19-26(23)36-28)27(32)20-12-14-22(15-13-20)35-21-10-8-7-9-11-21;/h7-15,18-19H,5-6,16-17H2,1-4H3;1H. The molecule has 0 aliphatic carbocycles. The van der Waals surface area contributed by atoms with Gasteiger partial charge in [0.05, 0.1) is 24.4 Å². The van der Waals surface area contributed by atoms with E-state index in [1.54, 1.807) is 31.3 Å². The van der Waals surface area contributed by atoms with Gasteiger partial charge in [-0.25, -0.2) is 4.98 Å². The van der Waals surface area contributed by atoms with Crippen molar-refractivity contribution in [2.45, 2.75) is 13.8 Å². The molecule has 7 nitrogen and oxygen atoms in total. The molecule has 4 aromatic rings. The Morgan fingerprint density at radius 1 is 0.865 bits per heavy atom. The Kier molecular flexibility index (Phi) is 10.1. The first-order valence-electron chi connectivity index (χ1n) is 12.0. The van der Waals surface area contributed by atoms with E-state index in [1.165, 1.54) is 11.3 Å². The Balaban J connectivity index is 0.00000380. The Bertz CT molecular complexity index is 1250. The van der Waals surface area contributed by atoms with Gasteiger partial charge in [-0.3, -0.25) is 9.69 Å². The van der Waals surface area contributed by atoms with Crippen LogP contribution in [-0.2, 0) is 0 Å². The molecule has 37 heavy (non-hydrogen) atoms. The number of aromatic nitrogens is 1. The van der Waals surface area contributed by atoms with Crippen LogP contribution in [0.2, 0.25) is 0 Å². The highest BCUT2D eigenvalue weighted by molar-refractivity contribution is 7.22. The third kappa shape index (κ3) is 6.71. The highest BCUT2D eigenvalue weighted by Crippen LogP contribution is 2.37. The number of methoxy groups -OCH3 is 2. The quantitative estimate of drug-likeness (QED) is 0.215. The SMILES string of the molecule is CCN(CC)CCN(C(=O)c1ccc(Oc2ccccc2)cc1)c1nc2cc(OC)c(OC)cc2s1.Cl. The lowest BCUT2D eigenvalue weighted by molar-refractivity contribution is 0.0983. The Hall–Kier alpha value is -3.33. The summed E-state index contributed by atoms with van der Waals surface area (Å²) in [7, 11) is 3.21. The number of amides is 1. The predicted octanol–water partition coefficient (Wildman–Crippen LogP) is 6.52. The van der Waals surface area contributed by atoms with Gasteiger partial charge in [0.25, 0.3) is 5.91 Å². The van der Waals surface area contributed by atoms with Crippen molar-refractivity contribution >= 4 is 45.0 Å². The van der Waals surface area contributed by atoms with Crippen LogP contribution in [0.5, 0.6) is 23.0 Å². The molecule has 4 rings (SSSR count). The largest absolute Gasteiger partial charge is 0.493 e. The molecule has 1 aromatic heterocycles. The van der Waals surface area contributed by atoms with Crippen molar-refractivity contribution in [2.75, 3.05) is 45.3 Å². The van der Waals surface area contributed by atoms with E-state index in [0.717, 1.165) is 35.6 Å². The zero-order chi connectivity index (χ0) is 25.5. The molecule has 196 valence electrons. The van der Waals surface area contributed by atoms with Crippen LogP contribution >= 0.6 is 23.7 Å². The number of thiazole rings is 1. The van der Waals surface area contributed by atoms with Crippen molar-refractivity contribution in [1.82, 2.24) is 9.88 Å². The molecule has 0 bridgehead atoms. The molecule has 1 heterocycles. The zero-order valence-electron chi connectivity index (χ0n) is 21.5. The van der Waals surface area contributed by atoms with Gasteiger partial charge in [0, 0.05) is 30.8 Å². The lowest BCUT2D eigenvalue weighted by atomic mass is 10.2. The van der Waals surface area contributed by atoms with Crippen molar-refractivity contribution in [1.29, 1.82) is 0 Å². The maximum atomic E-state index is 13.7. The highest BCUT2D eigenvalue weighted by atomic mass is 35.5. The van der Waals surface area contributed by atoms with Gasteiger partial charge in [-0.1, -0.05) is 43.4 Å². The number of fused-ring (bicyclic) bond motifs is 1. The van der Waals surface area contributed by atoms with Crippen LogP contribution < -0.4 is 19.1 Å². The Morgan fingerprint density at radius 2 is 1.49 bits per heavy atom. The summed E-state index contributed by atoms with van der Waals surface area (Å²) in [5.74, 6) is 2.56. The van der Waals surface area contributed by atoms with Gasteiger partial charge in [0.1, 0.15) is 11.5 Å². The molecule has 0 aliphatic rings. The first kappa shape index (κ1) is 28.2. The minimum Gasteiger partial charge on any atom is -0.493 e. The van der Waals surface area contributed by atoms with Gasteiger partial charge in [0.2, 0.25) is 0 Å². The number of benzene rings is 3. The van der Waals surface area contributed by atoms with Crippen molar-refractivity contribution in [2.24, 2.45) is 0 Å². The number of ether oxygens (including phenoxy) is 3. The number of likely N-dealkylation sites (N-methyl/N-ethyl adjacent to an activating group) is 1. The first-order chi connectivity index (χ1) is 17.6. The van der Waals surface area contributed by atoms with Gasteiger partial charge in [0.15, 0.2) is 16.6 Å². The van der Waals surface area contributed by atoms with E-state index in [1.807, 2.05) is 54.6 Å². The third-order valence-electron chi connectivity index (χ3n) is 5.97. The number of anilines is 1. The molecule has 9 heteroatoms. The molecule has 0 saturated heterocycles. The summed E-state index contributed by atoms with van der Waals surface area (Å²) in [5, 5.41) is 0.641. The first-order valence-corrected chi connectivity index (χ1v) is 12.8. The second-order valence-electron chi connectivity index (χ2n) is 8.09. The zero-order valence-corrected chi connectivity index (χ0v) is 23.1. The molecule has 0 atom stereocenters. The Morgan fingerprint density at radius 3 is 2.11 bits per heavy atom. The van der Waals surface area contributed by atoms with Crippen LogP contribution in [0.1, 0.15) is 24.2 Å². The fourth-order valence-electron chi connectivity index (χ4n) is 3.87. The second-order valence-corrected chi connectivity index (χ2v) is 9.10. The van der Waals surface area contributed by atoms with Crippen LogP contribution in [0, 0.1) is 0 Å². The maximum Gasteiger partial charge on any atom is 0.260 e. The topological polar surface area (TPSA) is 64.1 Å². The molecular weight excluding hydrogens is 510 g/mol. The minimum atomic E-state index is -0.105. The summed E-state index contributed by atoms with van der Waals surface area (Å²) < 4.78 is 17.7. The van der Waals surface area contributed by atoms with Crippen LogP contribution in [0.3, 0.4) is 0 Å². The summed E-state index contributed by atoms with van der Waals surface area (Å²) in [6.07, 6.45) is 0. The molecule has 0 fully saturated rings. The number of hydrogen-bond acceptors (Lipinski definition) is 7. The predicted molar refractivity (Wildman–Crippen MR) is 152 cm³/mol. The van der Waals surface area contributed by atoms with E-state index >= 15 is 0 Å². The summed E-state index contributed by atoms with van der Waals surface area (Å²) in [6.45, 7) is 7.35. The molecule has 1 amide bonds. The molecule has 0 saturated carbocycles. The average molecular weight is 542 g/mol. The smallest absolute Gasteiger partial charge is 0.260 e. The maximum absolute atomic E-state index is 13.7. The second kappa shape index (κ2) is 13.3. The van der Waals surface area contributed by atoms with E-state index in [4.69, 9.17) is 19.2 Å². The van der Waals surface area contributed by atoms with Crippen LogP contribution in [0.4, 0.5) is 5.13 Å². The number of hydrogen-bond donors (Lipinski definition) is 0. The van der Waals surface area contributed by atoms with Gasteiger partial charge >= 0.3 is 0 Å². The minimum absolute atomic E-state index is 0. The number of para-hydroxylation sites is 1. The third-order valence-corrected chi connectivity index (χ3v) is 7.01. The highest BCUT2D eigenvalue weighted by Gasteiger charge is 2.23. The fraction of sp³-hybridized carbons (Fsp3) is 0.286. The number of carbonyl (C=O) groups excluding carboxylic acids is 1. The van der Waals surface area contributed by atoms with Gasteiger partial charge < -0.3 is 19.1 Å². The van der Waals surface area contributed by atoms with E-state index < -0.39 is 0 Å². The van der Waals surface area contributed by atoms with E-state index in [9.17, 15) is 4.79 Å². The molecule has 0 radical (unpaired) electrons. The molecule has 0 unspecified atom stereocenters. The molecule has 0 aliphatic heterocycles. The van der Waals surface area contributed by atoms with Crippen molar-refractivity contribution in [3.63, 3.8) is 0 Å². The summed E-state index contributed by atoms with van der Waals surface area (Å²) in [4.78, 5) is 22.5. The lowest BCUT2D eigenvalue weighted by Crippen LogP contribution is -2.38. The number of carbonyl (C=O) groups is 1. The Labute approximate surface area is 228 Å². The van der Waals surface area contributed by atoms with Crippen molar-refractivity contribution in [3.05, 3.63) is 72.3 Å². The number of rotatable bonds is 11. The molecule has 0 spiro atoms. The fourth-order valence-corrected chi connectivity index (χ4v) is 4.87.